The van der Waals surface area contributed by atoms with Gasteiger partial charge in [-0.3, -0.25) is 0 Å². The highest BCUT2D eigenvalue weighted by Gasteiger charge is 2.15. The van der Waals surface area contributed by atoms with Gasteiger partial charge in [0.1, 0.15) is 10.6 Å². The van der Waals surface area contributed by atoms with Gasteiger partial charge in [0.15, 0.2) is 5.96 Å². The molecule has 0 aliphatic carbocycles. The molecule has 0 unspecified atom stereocenters. The average molecular weight is 483 g/mol. The smallest absolute Gasteiger partial charge is 0.407 e. The van der Waals surface area contributed by atoms with Gasteiger partial charge in [0.25, 0.3) is 0 Å². The molecule has 144 valence electrons. The zero-order valence-electron chi connectivity index (χ0n) is 15.9. The third-order valence-corrected chi connectivity index (χ3v) is 3.93. The number of aromatic nitrogens is 1. The molecule has 0 bridgehead atoms. The number of amides is 1. The number of hydrogen-bond acceptors (Lipinski definition) is 5. The maximum absolute atomic E-state index is 11.6. The van der Waals surface area contributed by atoms with Crippen molar-refractivity contribution in [2.45, 2.75) is 53.7 Å². The second kappa shape index (κ2) is 11.5. The number of thiazole rings is 1. The molecule has 0 atom stereocenters. The van der Waals surface area contributed by atoms with Crippen molar-refractivity contribution in [1.82, 2.24) is 20.9 Å². The molecular formula is C16H30IN5O2S. The summed E-state index contributed by atoms with van der Waals surface area (Å²) in [7, 11) is 0. The van der Waals surface area contributed by atoms with Crippen LogP contribution in [-0.2, 0) is 11.3 Å². The maximum atomic E-state index is 11.6. The lowest BCUT2D eigenvalue weighted by Crippen LogP contribution is -2.42. The Kier molecular flexibility index (Phi) is 11.0. The highest BCUT2D eigenvalue weighted by molar-refractivity contribution is 14.0. The number of carbonyl (C=O) groups excluding carboxylic acids is 1. The van der Waals surface area contributed by atoms with Crippen LogP contribution >= 0.6 is 35.3 Å². The molecule has 0 fully saturated rings. The number of nitrogens with one attached hydrogen (secondary N) is 3. The van der Waals surface area contributed by atoms with Crippen molar-refractivity contribution >= 4 is 47.4 Å². The van der Waals surface area contributed by atoms with Gasteiger partial charge in [-0.15, -0.1) is 35.3 Å². The fourth-order valence-corrected chi connectivity index (χ4v) is 2.61. The van der Waals surface area contributed by atoms with Crippen molar-refractivity contribution in [1.29, 1.82) is 0 Å². The molecule has 0 spiro atoms. The SMILES string of the molecule is CCNC(=NCc1nc(C)c(C)s1)NCCNC(=O)OC(C)(C)C.I. The van der Waals surface area contributed by atoms with Crippen LogP contribution in [0.2, 0.25) is 0 Å². The van der Waals surface area contributed by atoms with Gasteiger partial charge in [-0.2, -0.15) is 0 Å². The molecule has 0 aromatic carbocycles. The molecule has 1 aromatic rings. The third kappa shape index (κ3) is 10.5. The predicted molar refractivity (Wildman–Crippen MR) is 114 cm³/mol. The molecule has 0 radical (unpaired) electrons. The van der Waals surface area contributed by atoms with E-state index in [4.69, 9.17) is 4.74 Å². The molecule has 1 aromatic heterocycles. The normalized spacial score (nSPS) is 11.5. The van der Waals surface area contributed by atoms with Crippen LogP contribution in [0.15, 0.2) is 4.99 Å². The Hall–Kier alpha value is -1.10. The summed E-state index contributed by atoms with van der Waals surface area (Å²) in [5.74, 6) is 0.703. The first-order valence-electron chi connectivity index (χ1n) is 8.13. The van der Waals surface area contributed by atoms with E-state index in [0.29, 0.717) is 25.6 Å². The Morgan fingerprint density at radius 2 is 1.84 bits per heavy atom. The number of halogens is 1. The summed E-state index contributed by atoms with van der Waals surface area (Å²) in [5, 5.41) is 10.0. The summed E-state index contributed by atoms with van der Waals surface area (Å²) >= 11 is 1.66. The number of guanidine groups is 1. The number of hydrogen-bond donors (Lipinski definition) is 3. The molecule has 3 N–H and O–H groups in total. The van der Waals surface area contributed by atoms with Crippen LogP contribution in [0, 0.1) is 13.8 Å². The Balaban J connectivity index is 0.00000576. The van der Waals surface area contributed by atoms with E-state index in [1.165, 1.54) is 4.88 Å². The van der Waals surface area contributed by atoms with Crippen LogP contribution in [0.5, 0.6) is 0 Å². The second-order valence-electron chi connectivity index (χ2n) is 6.30. The van der Waals surface area contributed by atoms with E-state index in [9.17, 15) is 4.79 Å². The molecule has 9 heteroatoms. The minimum absolute atomic E-state index is 0. The van der Waals surface area contributed by atoms with E-state index in [2.05, 4.69) is 32.9 Å². The van der Waals surface area contributed by atoms with Crippen LogP contribution in [0.25, 0.3) is 0 Å². The summed E-state index contributed by atoms with van der Waals surface area (Å²) in [6.45, 7) is 13.9. The summed E-state index contributed by atoms with van der Waals surface area (Å²) in [5.41, 5.74) is 0.572. The lowest BCUT2D eigenvalue weighted by molar-refractivity contribution is 0.0529. The largest absolute Gasteiger partial charge is 0.444 e. The first-order valence-corrected chi connectivity index (χ1v) is 8.95. The average Bonchev–Trinajstić information content (AvgIpc) is 2.77. The summed E-state index contributed by atoms with van der Waals surface area (Å²) < 4.78 is 5.18. The van der Waals surface area contributed by atoms with Gasteiger partial charge in [-0.25, -0.2) is 14.8 Å². The van der Waals surface area contributed by atoms with E-state index >= 15 is 0 Å². The number of aliphatic imine (C=N–C) groups is 1. The number of rotatable bonds is 6. The van der Waals surface area contributed by atoms with Crippen molar-refractivity contribution in [2.24, 2.45) is 4.99 Å². The minimum atomic E-state index is -0.488. The van der Waals surface area contributed by atoms with E-state index in [1.807, 2.05) is 34.6 Å². The fourth-order valence-electron chi connectivity index (χ4n) is 1.75. The summed E-state index contributed by atoms with van der Waals surface area (Å²) in [6.07, 6.45) is -0.417. The van der Waals surface area contributed by atoms with Gasteiger partial charge < -0.3 is 20.7 Å². The van der Waals surface area contributed by atoms with E-state index in [-0.39, 0.29) is 24.0 Å². The quantitative estimate of drug-likeness (QED) is 0.251. The minimum Gasteiger partial charge on any atom is -0.444 e. The molecule has 1 heterocycles. The lowest BCUT2D eigenvalue weighted by Gasteiger charge is -2.19. The topological polar surface area (TPSA) is 87.6 Å². The van der Waals surface area contributed by atoms with E-state index in [1.54, 1.807) is 11.3 Å². The van der Waals surface area contributed by atoms with E-state index < -0.39 is 11.7 Å². The number of nitrogens with zero attached hydrogens (tertiary/aromatic N) is 2. The molecule has 0 saturated carbocycles. The molecule has 7 nitrogen and oxygen atoms in total. The lowest BCUT2D eigenvalue weighted by atomic mass is 10.2. The zero-order chi connectivity index (χ0) is 18.2. The molecule has 1 rings (SSSR count). The maximum Gasteiger partial charge on any atom is 0.407 e. The van der Waals surface area contributed by atoms with Crippen LogP contribution in [-0.4, -0.2) is 42.3 Å². The fraction of sp³-hybridized carbons (Fsp3) is 0.688. The van der Waals surface area contributed by atoms with Crippen molar-refractivity contribution in [3.63, 3.8) is 0 Å². The number of carbonyl (C=O) groups is 1. The van der Waals surface area contributed by atoms with Gasteiger partial charge >= 0.3 is 6.09 Å². The van der Waals surface area contributed by atoms with Crippen molar-refractivity contribution < 1.29 is 9.53 Å². The Morgan fingerprint density at radius 1 is 1.20 bits per heavy atom. The van der Waals surface area contributed by atoms with Crippen LogP contribution in [0.1, 0.15) is 43.3 Å². The molecule has 0 aliphatic heterocycles. The van der Waals surface area contributed by atoms with Crippen LogP contribution < -0.4 is 16.0 Å². The van der Waals surface area contributed by atoms with Crippen molar-refractivity contribution in [3.8, 4) is 0 Å². The summed E-state index contributed by atoms with van der Waals surface area (Å²) in [4.78, 5) is 21.8. The number of aryl methyl sites for hydroxylation is 2. The Labute approximate surface area is 171 Å². The van der Waals surface area contributed by atoms with Crippen molar-refractivity contribution in [2.75, 3.05) is 19.6 Å². The van der Waals surface area contributed by atoms with Gasteiger partial charge in [0, 0.05) is 24.5 Å². The monoisotopic (exact) mass is 483 g/mol. The third-order valence-electron chi connectivity index (χ3n) is 2.88. The predicted octanol–water partition coefficient (Wildman–Crippen LogP) is 2.96. The first-order chi connectivity index (χ1) is 11.2. The molecular weight excluding hydrogens is 453 g/mol. The van der Waals surface area contributed by atoms with E-state index in [0.717, 1.165) is 17.2 Å². The van der Waals surface area contributed by atoms with Gasteiger partial charge in [0.05, 0.1) is 12.2 Å². The Morgan fingerprint density at radius 3 is 2.36 bits per heavy atom. The standard InChI is InChI=1S/C16H29N5O2S.HI/c1-7-17-14(20-10-13-21-11(2)12(3)24-13)18-8-9-19-15(22)23-16(4,5)6;/h7-10H2,1-6H3,(H,19,22)(H2,17,18,20);1H. The second-order valence-corrected chi connectivity index (χ2v) is 7.59. The van der Waals surface area contributed by atoms with Crippen LogP contribution in [0.3, 0.4) is 0 Å². The highest BCUT2D eigenvalue weighted by Crippen LogP contribution is 2.16. The zero-order valence-corrected chi connectivity index (χ0v) is 19.0. The summed E-state index contributed by atoms with van der Waals surface area (Å²) in [6, 6.07) is 0. The highest BCUT2D eigenvalue weighted by atomic mass is 127. The number of ether oxygens (including phenoxy) is 1. The Bertz CT molecular complexity index is 550. The molecule has 0 aliphatic rings. The number of alkyl carbamates (subject to hydrolysis) is 1. The van der Waals surface area contributed by atoms with Gasteiger partial charge in [-0.1, -0.05) is 0 Å². The molecule has 25 heavy (non-hydrogen) atoms. The van der Waals surface area contributed by atoms with Gasteiger partial charge in [-0.05, 0) is 41.5 Å². The van der Waals surface area contributed by atoms with Crippen molar-refractivity contribution in [3.05, 3.63) is 15.6 Å². The van der Waals surface area contributed by atoms with Crippen LogP contribution in [0.4, 0.5) is 4.79 Å². The first kappa shape index (κ1) is 23.9. The van der Waals surface area contributed by atoms with Gasteiger partial charge in [0.2, 0.25) is 0 Å². The molecule has 1 amide bonds. The molecule has 0 saturated heterocycles.